The molecular formula is C12H14F4O4. The van der Waals surface area contributed by atoms with E-state index in [1.54, 1.807) is 0 Å². The lowest BCUT2D eigenvalue weighted by molar-refractivity contribution is -0.235. The van der Waals surface area contributed by atoms with Crippen LogP contribution in [0, 0.1) is 17.8 Å². The largest absolute Gasteiger partial charge is 0.477 e. The molecule has 4 nitrogen and oxygen atoms in total. The van der Waals surface area contributed by atoms with E-state index in [4.69, 9.17) is 5.11 Å². The number of alkyl halides is 4. The molecule has 2 fully saturated rings. The van der Waals surface area contributed by atoms with Gasteiger partial charge in [0.1, 0.15) is 0 Å². The summed E-state index contributed by atoms with van der Waals surface area (Å²) in [6, 6.07) is 0. The van der Waals surface area contributed by atoms with Gasteiger partial charge in [-0.25, -0.2) is 9.59 Å². The molecule has 0 aliphatic heterocycles. The first-order valence-electron chi connectivity index (χ1n) is 6.32. The topological polar surface area (TPSA) is 63.6 Å². The summed E-state index contributed by atoms with van der Waals surface area (Å²) in [6.07, 6.45) is 3.67. The molecule has 0 aromatic rings. The van der Waals surface area contributed by atoms with Gasteiger partial charge in [0.15, 0.2) is 0 Å². The first kappa shape index (κ1) is 15.1. The van der Waals surface area contributed by atoms with Gasteiger partial charge < -0.3 is 9.84 Å². The molecule has 20 heavy (non-hydrogen) atoms. The number of aliphatic carboxylic acids is 1. The number of carbonyl (C=O) groups excluding carboxylic acids is 1. The van der Waals surface area contributed by atoms with Crippen LogP contribution in [-0.4, -0.2) is 35.5 Å². The Morgan fingerprint density at radius 3 is 2.20 bits per heavy atom. The standard InChI is InChI=1S/C12H14F4O4/c13-11(14,9(17)18)12(15,16)10(19)20-5-8-4-6-1-2-7(8)3-6/h6-8H,1-5H2,(H,17,18). The first-order valence-corrected chi connectivity index (χ1v) is 6.32. The molecule has 2 saturated carbocycles. The number of halogens is 4. The summed E-state index contributed by atoms with van der Waals surface area (Å²) in [4.78, 5) is 21.2. The maximum Gasteiger partial charge on any atom is 0.415 e. The van der Waals surface area contributed by atoms with Gasteiger partial charge >= 0.3 is 23.8 Å². The maximum absolute atomic E-state index is 13.1. The highest BCUT2D eigenvalue weighted by atomic mass is 19.3. The second kappa shape index (κ2) is 4.89. The third-order valence-corrected chi connectivity index (χ3v) is 4.23. The number of carboxylic acids is 1. The maximum atomic E-state index is 13.1. The van der Waals surface area contributed by atoms with E-state index >= 15 is 0 Å². The Hall–Kier alpha value is -1.34. The van der Waals surface area contributed by atoms with Crippen molar-refractivity contribution in [1.29, 1.82) is 0 Å². The van der Waals surface area contributed by atoms with Crippen LogP contribution in [0.15, 0.2) is 0 Å². The minimum Gasteiger partial charge on any atom is -0.477 e. The van der Waals surface area contributed by atoms with Crippen LogP contribution in [0.5, 0.6) is 0 Å². The van der Waals surface area contributed by atoms with Crippen LogP contribution in [-0.2, 0) is 14.3 Å². The first-order chi connectivity index (χ1) is 9.16. The van der Waals surface area contributed by atoms with E-state index in [0.29, 0.717) is 5.92 Å². The van der Waals surface area contributed by atoms with E-state index in [1.165, 1.54) is 0 Å². The molecule has 3 unspecified atom stereocenters. The van der Waals surface area contributed by atoms with Crippen molar-refractivity contribution in [2.45, 2.75) is 37.5 Å². The van der Waals surface area contributed by atoms with Gasteiger partial charge in [-0.15, -0.1) is 0 Å². The van der Waals surface area contributed by atoms with Gasteiger partial charge in [0, 0.05) is 0 Å². The van der Waals surface area contributed by atoms with Gasteiger partial charge in [0.25, 0.3) is 0 Å². The Balaban J connectivity index is 1.93. The highest BCUT2D eigenvalue weighted by Gasteiger charge is 2.68. The molecule has 2 aliphatic rings. The fourth-order valence-electron chi connectivity index (χ4n) is 3.12. The molecule has 1 N–H and O–H groups in total. The van der Waals surface area contributed by atoms with Crippen molar-refractivity contribution in [1.82, 2.24) is 0 Å². The van der Waals surface area contributed by atoms with Crippen LogP contribution in [0.1, 0.15) is 25.7 Å². The summed E-state index contributed by atoms with van der Waals surface area (Å²) < 4.78 is 56.0. The highest BCUT2D eigenvalue weighted by Crippen LogP contribution is 2.48. The minimum atomic E-state index is -5.47. The molecule has 0 aromatic carbocycles. The third-order valence-electron chi connectivity index (χ3n) is 4.23. The van der Waals surface area contributed by atoms with E-state index in [-0.39, 0.29) is 18.4 Å². The van der Waals surface area contributed by atoms with Crippen LogP contribution in [0.25, 0.3) is 0 Å². The Labute approximate surface area is 112 Å². The van der Waals surface area contributed by atoms with Gasteiger partial charge in [0.2, 0.25) is 0 Å². The molecule has 0 spiro atoms. The van der Waals surface area contributed by atoms with Crippen LogP contribution in [0.3, 0.4) is 0 Å². The van der Waals surface area contributed by atoms with Crippen LogP contribution in [0.2, 0.25) is 0 Å². The molecule has 114 valence electrons. The van der Waals surface area contributed by atoms with Crippen molar-refractivity contribution in [2.75, 3.05) is 6.61 Å². The number of hydrogen-bond donors (Lipinski definition) is 1. The van der Waals surface area contributed by atoms with Gasteiger partial charge in [-0.1, -0.05) is 6.42 Å². The Morgan fingerprint density at radius 1 is 1.10 bits per heavy atom. The molecule has 0 radical (unpaired) electrons. The van der Waals surface area contributed by atoms with Gasteiger partial charge in [-0.2, -0.15) is 17.6 Å². The molecule has 2 rings (SSSR count). The predicted octanol–water partition coefficient (Wildman–Crippen LogP) is 2.32. The van der Waals surface area contributed by atoms with Gasteiger partial charge in [0.05, 0.1) is 6.61 Å². The summed E-state index contributed by atoms with van der Waals surface area (Å²) >= 11 is 0. The normalized spacial score (nSPS) is 29.5. The van der Waals surface area contributed by atoms with Gasteiger partial charge in [-0.05, 0) is 37.0 Å². The van der Waals surface area contributed by atoms with Crippen molar-refractivity contribution in [3.05, 3.63) is 0 Å². The molecule has 0 amide bonds. The zero-order valence-electron chi connectivity index (χ0n) is 10.5. The fraction of sp³-hybridized carbons (Fsp3) is 0.833. The highest BCUT2D eigenvalue weighted by molar-refractivity contribution is 5.89. The average Bonchev–Trinajstić information content (AvgIpc) is 2.97. The van der Waals surface area contributed by atoms with Crippen molar-refractivity contribution in [2.24, 2.45) is 17.8 Å². The SMILES string of the molecule is O=C(O)C(F)(F)C(F)(F)C(=O)OCC1CC2CCC1C2. The number of hydrogen-bond acceptors (Lipinski definition) is 3. The van der Waals surface area contributed by atoms with Crippen molar-refractivity contribution < 1.29 is 37.0 Å². The summed E-state index contributed by atoms with van der Waals surface area (Å²) in [5, 5.41) is 8.05. The monoisotopic (exact) mass is 298 g/mol. The lowest BCUT2D eigenvalue weighted by Gasteiger charge is -2.24. The number of fused-ring (bicyclic) bond motifs is 2. The number of carbonyl (C=O) groups is 2. The summed E-state index contributed by atoms with van der Waals surface area (Å²) in [7, 11) is 0. The summed E-state index contributed by atoms with van der Waals surface area (Å²) in [6.45, 7) is -0.356. The molecule has 2 aliphatic carbocycles. The van der Waals surface area contributed by atoms with Crippen molar-refractivity contribution in [3.8, 4) is 0 Å². The minimum absolute atomic E-state index is 0.0908. The smallest absolute Gasteiger partial charge is 0.415 e. The van der Waals surface area contributed by atoms with E-state index < -0.39 is 23.8 Å². The van der Waals surface area contributed by atoms with E-state index in [0.717, 1.165) is 25.7 Å². The number of esters is 1. The molecule has 0 aromatic heterocycles. The molecule has 3 atom stereocenters. The Bertz CT molecular complexity index is 424. The molecule has 0 heterocycles. The van der Waals surface area contributed by atoms with Crippen molar-refractivity contribution >= 4 is 11.9 Å². The van der Waals surface area contributed by atoms with E-state index in [9.17, 15) is 27.2 Å². The third kappa shape index (κ3) is 2.35. The van der Waals surface area contributed by atoms with Gasteiger partial charge in [-0.3, -0.25) is 0 Å². The summed E-state index contributed by atoms with van der Waals surface area (Å²) in [5.41, 5.74) is 0. The van der Waals surface area contributed by atoms with Crippen molar-refractivity contribution in [3.63, 3.8) is 0 Å². The van der Waals surface area contributed by atoms with Crippen LogP contribution in [0.4, 0.5) is 17.6 Å². The Kier molecular flexibility index (Phi) is 3.68. The predicted molar refractivity (Wildman–Crippen MR) is 57.4 cm³/mol. The fourth-order valence-corrected chi connectivity index (χ4v) is 3.12. The second-order valence-corrected chi connectivity index (χ2v) is 5.49. The summed E-state index contributed by atoms with van der Waals surface area (Å²) in [5.74, 6) is -15.7. The zero-order chi connectivity index (χ0) is 15.1. The number of rotatable bonds is 5. The van der Waals surface area contributed by atoms with Crippen LogP contribution < -0.4 is 0 Å². The lowest BCUT2D eigenvalue weighted by Crippen LogP contribution is -2.53. The molecular weight excluding hydrogens is 284 g/mol. The van der Waals surface area contributed by atoms with E-state index in [1.807, 2.05) is 0 Å². The van der Waals surface area contributed by atoms with Crippen LogP contribution >= 0.6 is 0 Å². The molecule has 2 bridgehead atoms. The van der Waals surface area contributed by atoms with E-state index in [2.05, 4.69) is 4.74 Å². The molecule has 0 saturated heterocycles. The zero-order valence-corrected chi connectivity index (χ0v) is 10.5. The lowest BCUT2D eigenvalue weighted by atomic mass is 9.89. The molecule has 8 heteroatoms. The average molecular weight is 298 g/mol. The number of carboxylic acid groups (broad SMARTS) is 1. The second-order valence-electron chi connectivity index (χ2n) is 5.49. The quantitative estimate of drug-likeness (QED) is 0.625. The Morgan fingerprint density at radius 2 is 1.75 bits per heavy atom. The number of ether oxygens (including phenoxy) is 1.